The van der Waals surface area contributed by atoms with Crippen molar-refractivity contribution in [2.24, 2.45) is 0 Å². The van der Waals surface area contributed by atoms with Crippen molar-refractivity contribution in [2.45, 2.75) is 49.6 Å². The van der Waals surface area contributed by atoms with E-state index in [0.717, 1.165) is 31.2 Å². The molecule has 30 heavy (non-hydrogen) atoms. The fourth-order valence-electron chi connectivity index (χ4n) is 3.87. The summed E-state index contributed by atoms with van der Waals surface area (Å²) >= 11 is 0. The van der Waals surface area contributed by atoms with Crippen molar-refractivity contribution < 1.29 is 22.7 Å². The van der Waals surface area contributed by atoms with Gasteiger partial charge < -0.3 is 14.8 Å². The van der Waals surface area contributed by atoms with Gasteiger partial charge in [0.25, 0.3) is 0 Å². The number of hydrogen-bond donors (Lipinski definition) is 2. The summed E-state index contributed by atoms with van der Waals surface area (Å²) in [6.07, 6.45) is 3.55. The van der Waals surface area contributed by atoms with E-state index < -0.39 is 16.1 Å². The Morgan fingerprint density at radius 2 is 1.83 bits per heavy atom. The van der Waals surface area contributed by atoms with E-state index in [9.17, 15) is 13.2 Å². The number of rotatable bonds is 5. The molecule has 0 saturated heterocycles. The van der Waals surface area contributed by atoms with Gasteiger partial charge in [-0.1, -0.05) is 24.3 Å². The summed E-state index contributed by atoms with van der Waals surface area (Å²) in [4.78, 5) is 12.8. The van der Waals surface area contributed by atoms with Crippen LogP contribution in [0.25, 0.3) is 0 Å². The Balaban J connectivity index is 1.45. The number of hydrogen-bond acceptors (Lipinski definition) is 5. The predicted molar refractivity (Wildman–Crippen MR) is 112 cm³/mol. The molecule has 2 N–H and O–H groups in total. The summed E-state index contributed by atoms with van der Waals surface area (Å²) in [5, 5.41) is 3.00. The highest BCUT2D eigenvalue weighted by Crippen LogP contribution is 2.32. The average Bonchev–Trinajstić information content (AvgIpc) is 2.98. The molecule has 0 saturated carbocycles. The summed E-state index contributed by atoms with van der Waals surface area (Å²) in [5.41, 5.74) is 2.34. The monoisotopic (exact) mass is 430 g/mol. The molecule has 1 aliphatic heterocycles. The first kappa shape index (κ1) is 20.7. The maximum Gasteiger partial charge on any atom is 0.241 e. The lowest BCUT2D eigenvalue weighted by molar-refractivity contribution is -0.123. The zero-order chi connectivity index (χ0) is 21.1. The van der Waals surface area contributed by atoms with Gasteiger partial charge in [0.15, 0.2) is 11.5 Å². The minimum absolute atomic E-state index is 0.0365. The number of carbonyl (C=O) groups excluding carboxylic acids is 1. The third kappa shape index (κ3) is 4.44. The molecule has 0 fully saturated rings. The molecule has 0 radical (unpaired) electrons. The van der Waals surface area contributed by atoms with Crippen molar-refractivity contribution in [1.82, 2.24) is 10.0 Å². The lowest BCUT2D eigenvalue weighted by Crippen LogP contribution is -2.46. The third-order valence-electron chi connectivity index (χ3n) is 5.44. The average molecular weight is 431 g/mol. The Morgan fingerprint density at radius 1 is 1.07 bits per heavy atom. The normalized spacial score (nSPS) is 19.3. The molecule has 1 amide bonds. The third-order valence-corrected chi connectivity index (χ3v) is 6.98. The Bertz CT molecular complexity index is 1040. The van der Waals surface area contributed by atoms with Crippen LogP contribution in [0.5, 0.6) is 11.5 Å². The van der Waals surface area contributed by atoms with Gasteiger partial charge in [-0.25, -0.2) is 8.42 Å². The molecule has 2 atom stereocenters. The highest BCUT2D eigenvalue weighted by Gasteiger charge is 2.27. The quantitative estimate of drug-likeness (QED) is 0.761. The molecule has 2 aromatic rings. The summed E-state index contributed by atoms with van der Waals surface area (Å²) in [6, 6.07) is 11.5. The minimum atomic E-state index is -3.90. The number of carbonyl (C=O) groups is 1. The molecule has 160 valence electrons. The van der Waals surface area contributed by atoms with E-state index >= 15 is 0 Å². The van der Waals surface area contributed by atoms with Gasteiger partial charge in [-0.15, -0.1) is 0 Å². The van der Waals surface area contributed by atoms with Gasteiger partial charge in [-0.2, -0.15) is 4.72 Å². The Kier molecular flexibility index (Phi) is 5.97. The Labute approximate surface area is 176 Å². The van der Waals surface area contributed by atoms with Crippen molar-refractivity contribution in [1.29, 1.82) is 0 Å². The second-order valence-electron chi connectivity index (χ2n) is 7.65. The second kappa shape index (κ2) is 8.65. The topological polar surface area (TPSA) is 93.7 Å². The Morgan fingerprint density at radius 3 is 2.67 bits per heavy atom. The van der Waals surface area contributed by atoms with E-state index in [1.807, 2.05) is 18.2 Å². The van der Waals surface area contributed by atoms with Gasteiger partial charge in [0.05, 0.1) is 30.2 Å². The minimum Gasteiger partial charge on any atom is -0.490 e. The van der Waals surface area contributed by atoms with Gasteiger partial charge in [0.1, 0.15) is 0 Å². The van der Waals surface area contributed by atoms with Crippen LogP contribution in [0, 0.1) is 0 Å². The standard InChI is InChI=1S/C22H26N2O5S/c1-15(22(25)23-19-9-4-7-16-6-2-3-8-18(16)19)24-30(26,27)17-10-11-20-21(14-17)29-13-5-12-28-20/h2-3,6,8,10-11,14-15,19,24H,4-5,7,9,12-13H2,1H3,(H,23,25)/t15-,19+/m0/s1. The number of fused-ring (bicyclic) bond motifs is 2. The molecule has 2 aliphatic rings. The van der Waals surface area contributed by atoms with Crippen LogP contribution in [0.2, 0.25) is 0 Å². The van der Waals surface area contributed by atoms with Crippen molar-refractivity contribution in [3.8, 4) is 11.5 Å². The highest BCUT2D eigenvalue weighted by atomic mass is 32.2. The van der Waals surface area contributed by atoms with Crippen LogP contribution in [0.4, 0.5) is 0 Å². The molecular formula is C22H26N2O5S. The summed E-state index contributed by atoms with van der Waals surface area (Å²) in [7, 11) is -3.90. The molecule has 0 bridgehead atoms. The second-order valence-corrected chi connectivity index (χ2v) is 9.37. The molecular weight excluding hydrogens is 404 g/mol. The van der Waals surface area contributed by atoms with E-state index in [0.29, 0.717) is 24.7 Å². The van der Waals surface area contributed by atoms with Crippen LogP contribution in [0.15, 0.2) is 47.4 Å². The molecule has 4 rings (SSSR count). The van der Waals surface area contributed by atoms with E-state index in [1.165, 1.54) is 17.7 Å². The van der Waals surface area contributed by atoms with Crippen LogP contribution in [-0.4, -0.2) is 33.6 Å². The largest absolute Gasteiger partial charge is 0.490 e. The predicted octanol–water partition coefficient (Wildman–Crippen LogP) is 2.71. The number of nitrogens with one attached hydrogen (secondary N) is 2. The molecule has 1 heterocycles. The van der Waals surface area contributed by atoms with E-state index in [4.69, 9.17) is 9.47 Å². The van der Waals surface area contributed by atoms with Gasteiger partial charge in [-0.05, 0) is 49.4 Å². The fourth-order valence-corrected chi connectivity index (χ4v) is 5.08. The van der Waals surface area contributed by atoms with E-state index in [2.05, 4.69) is 16.1 Å². The summed E-state index contributed by atoms with van der Waals surface area (Å²) < 4.78 is 39.2. The zero-order valence-corrected chi connectivity index (χ0v) is 17.7. The number of aryl methyl sites for hydroxylation is 1. The number of amides is 1. The summed E-state index contributed by atoms with van der Waals surface area (Å²) in [5.74, 6) is 0.564. The number of ether oxygens (including phenoxy) is 2. The maximum absolute atomic E-state index is 12.8. The van der Waals surface area contributed by atoms with Crippen molar-refractivity contribution in [2.75, 3.05) is 13.2 Å². The molecule has 7 nitrogen and oxygen atoms in total. The van der Waals surface area contributed by atoms with Gasteiger partial charge >= 0.3 is 0 Å². The molecule has 0 spiro atoms. The smallest absolute Gasteiger partial charge is 0.241 e. The molecule has 0 unspecified atom stereocenters. The Hall–Kier alpha value is -2.58. The first-order valence-corrected chi connectivity index (χ1v) is 11.7. The first-order chi connectivity index (χ1) is 14.4. The van der Waals surface area contributed by atoms with Crippen LogP contribution < -0.4 is 19.5 Å². The van der Waals surface area contributed by atoms with E-state index in [1.54, 1.807) is 13.0 Å². The van der Waals surface area contributed by atoms with Crippen LogP contribution in [-0.2, 0) is 21.2 Å². The first-order valence-electron chi connectivity index (χ1n) is 10.2. The maximum atomic E-state index is 12.8. The zero-order valence-electron chi connectivity index (χ0n) is 16.9. The van der Waals surface area contributed by atoms with Gasteiger partial charge in [0.2, 0.25) is 15.9 Å². The van der Waals surface area contributed by atoms with Gasteiger partial charge in [0, 0.05) is 12.5 Å². The molecule has 0 aromatic heterocycles. The number of sulfonamides is 1. The van der Waals surface area contributed by atoms with Crippen molar-refractivity contribution >= 4 is 15.9 Å². The molecule has 8 heteroatoms. The lowest BCUT2D eigenvalue weighted by atomic mass is 9.87. The van der Waals surface area contributed by atoms with Crippen LogP contribution >= 0.6 is 0 Å². The fraction of sp³-hybridized carbons (Fsp3) is 0.409. The van der Waals surface area contributed by atoms with Crippen molar-refractivity contribution in [3.63, 3.8) is 0 Å². The summed E-state index contributed by atoms with van der Waals surface area (Å²) in [6.45, 7) is 2.54. The lowest BCUT2D eigenvalue weighted by Gasteiger charge is -2.27. The van der Waals surface area contributed by atoms with E-state index in [-0.39, 0.29) is 16.8 Å². The molecule has 2 aromatic carbocycles. The van der Waals surface area contributed by atoms with Gasteiger partial charge in [-0.3, -0.25) is 4.79 Å². The number of benzene rings is 2. The van der Waals surface area contributed by atoms with Crippen molar-refractivity contribution in [3.05, 3.63) is 53.6 Å². The molecule has 1 aliphatic carbocycles. The van der Waals surface area contributed by atoms with Crippen LogP contribution in [0.1, 0.15) is 43.4 Å². The van der Waals surface area contributed by atoms with Crippen LogP contribution in [0.3, 0.4) is 0 Å². The highest BCUT2D eigenvalue weighted by molar-refractivity contribution is 7.89. The SMILES string of the molecule is C[C@H](NS(=O)(=O)c1ccc2c(c1)OCCCO2)C(=O)N[C@@H]1CCCc2ccccc21.